The van der Waals surface area contributed by atoms with E-state index in [1.165, 1.54) is 12.1 Å². The summed E-state index contributed by atoms with van der Waals surface area (Å²) in [6.07, 6.45) is 1.32. The Morgan fingerprint density at radius 2 is 1.95 bits per heavy atom. The van der Waals surface area contributed by atoms with Crippen LogP contribution in [-0.2, 0) is 10.0 Å². The van der Waals surface area contributed by atoms with Gasteiger partial charge in [0.25, 0.3) is 0 Å². The van der Waals surface area contributed by atoms with Crippen LogP contribution < -0.4 is 4.72 Å². The second kappa shape index (κ2) is 6.36. The number of nitrogens with one attached hydrogen (secondary N) is 1. The van der Waals surface area contributed by atoms with Crippen LogP contribution in [0.1, 0.15) is 37.0 Å². The van der Waals surface area contributed by atoms with Gasteiger partial charge in [0.15, 0.2) is 0 Å². The molecule has 0 radical (unpaired) electrons. The molecule has 0 bridgehead atoms. The van der Waals surface area contributed by atoms with Gasteiger partial charge in [-0.1, -0.05) is 25.4 Å². The van der Waals surface area contributed by atoms with E-state index in [1.54, 1.807) is 0 Å². The van der Waals surface area contributed by atoms with Crippen molar-refractivity contribution in [1.29, 1.82) is 0 Å². The van der Waals surface area contributed by atoms with Crippen molar-refractivity contribution >= 4 is 27.6 Å². The summed E-state index contributed by atoms with van der Waals surface area (Å²) in [7, 11) is -3.73. The molecule has 2 N–H and O–H groups in total. The van der Waals surface area contributed by atoms with E-state index in [2.05, 4.69) is 4.72 Å². The van der Waals surface area contributed by atoms with Gasteiger partial charge >= 0.3 is 5.97 Å². The lowest BCUT2D eigenvalue weighted by Crippen LogP contribution is -2.33. The highest BCUT2D eigenvalue weighted by Gasteiger charge is 2.20. The van der Waals surface area contributed by atoms with Gasteiger partial charge in [0.05, 0.1) is 15.5 Å². The topological polar surface area (TPSA) is 83.5 Å². The number of aromatic carboxylic acids is 1. The normalized spacial score (nSPS) is 11.8. The molecule has 0 aliphatic carbocycles. The van der Waals surface area contributed by atoms with Crippen LogP contribution in [0.4, 0.5) is 0 Å². The molecule has 1 rings (SSSR count). The first kappa shape index (κ1) is 15.9. The first-order chi connectivity index (χ1) is 8.81. The zero-order valence-electron chi connectivity index (χ0n) is 10.7. The zero-order chi connectivity index (χ0) is 14.6. The van der Waals surface area contributed by atoms with E-state index in [-0.39, 0.29) is 21.5 Å². The molecule has 1 aromatic carbocycles. The molecule has 0 aromatic heterocycles. The monoisotopic (exact) mass is 305 g/mol. The van der Waals surface area contributed by atoms with Crippen LogP contribution in [0, 0.1) is 0 Å². The first-order valence-electron chi connectivity index (χ1n) is 5.87. The van der Waals surface area contributed by atoms with Gasteiger partial charge in [0.1, 0.15) is 0 Å². The SMILES string of the molecule is CCC(CC)NS(=O)(=O)c1ccc(Cl)c(C(=O)O)c1. The Morgan fingerprint density at radius 1 is 1.37 bits per heavy atom. The summed E-state index contributed by atoms with van der Waals surface area (Å²) >= 11 is 5.71. The van der Waals surface area contributed by atoms with Gasteiger partial charge in [-0.2, -0.15) is 0 Å². The number of carboxylic acid groups (broad SMARTS) is 1. The van der Waals surface area contributed by atoms with E-state index in [0.29, 0.717) is 12.8 Å². The minimum Gasteiger partial charge on any atom is -0.478 e. The Hall–Kier alpha value is -1.11. The highest BCUT2D eigenvalue weighted by molar-refractivity contribution is 7.89. The molecular formula is C12H16ClNO4S. The number of carboxylic acids is 1. The summed E-state index contributed by atoms with van der Waals surface area (Å²) in [5.41, 5.74) is -0.228. The fraction of sp³-hybridized carbons (Fsp3) is 0.417. The van der Waals surface area contributed by atoms with Crippen LogP contribution in [0.3, 0.4) is 0 Å². The van der Waals surface area contributed by atoms with Crippen LogP contribution in [0.15, 0.2) is 23.1 Å². The predicted octanol–water partition coefficient (Wildman–Crippen LogP) is 2.51. The molecule has 0 unspecified atom stereocenters. The number of rotatable bonds is 6. The number of hydrogen-bond acceptors (Lipinski definition) is 3. The molecule has 0 aliphatic rings. The van der Waals surface area contributed by atoms with Crippen molar-refractivity contribution < 1.29 is 18.3 Å². The Balaban J connectivity index is 3.15. The third-order valence-electron chi connectivity index (χ3n) is 2.79. The maximum Gasteiger partial charge on any atom is 0.337 e. The minimum atomic E-state index is -3.73. The van der Waals surface area contributed by atoms with Crippen molar-refractivity contribution in [2.24, 2.45) is 0 Å². The largest absolute Gasteiger partial charge is 0.478 e. The quantitative estimate of drug-likeness (QED) is 0.846. The van der Waals surface area contributed by atoms with Gasteiger partial charge in [-0.25, -0.2) is 17.9 Å². The smallest absolute Gasteiger partial charge is 0.337 e. The average Bonchev–Trinajstić information content (AvgIpc) is 2.35. The third-order valence-corrected chi connectivity index (χ3v) is 4.63. The lowest BCUT2D eigenvalue weighted by molar-refractivity contribution is 0.0697. The average molecular weight is 306 g/mol. The maximum absolute atomic E-state index is 12.1. The Labute approximate surface area is 117 Å². The maximum atomic E-state index is 12.1. The van der Waals surface area contributed by atoms with Crippen LogP contribution >= 0.6 is 11.6 Å². The molecule has 0 spiro atoms. The van der Waals surface area contributed by atoms with E-state index in [4.69, 9.17) is 16.7 Å². The molecule has 106 valence electrons. The number of hydrogen-bond donors (Lipinski definition) is 2. The number of benzene rings is 1. The summed E-state index contributed by atoms with van der Waals surface area (Å²) in [5.74, 6) is -1.26. The Kier molecular flexibility index (Phi) is 5.34. The molecule has 0 fully saturated rings. The molecule has 19 heavy (non-hydrogen) atoms. The first-order valence-corrected chi connectivity index (χ1v) is 7.73. The molecule has 5 nitrogen and oxygen atoms in total. The predicted molar refractivity (Wildman–Crippen MR) is 73.1 cm³/mol. The minimum absolute atomic E-state index is 0.00832. The second-order valence-corrected chi connectivity index (χ2v) is 6.20. The summed E-state index contributed by atoms with van der Waals surface area (Å²) < 4.78 is 26.7. The molecular weight excluding hydrogens is 290 g/mol. The zero-order valence-corrected chi connectivity index (χ0v) is 12.3. The van der Waals surface area contributed by atoms with Gasteiger partial charge in [-0.05, 0) is 31.0 Å². The molecule has 1 aromatic rings. The highest BCUT2D eigenvalue weighted by Crippen LogP contribution is 2.21. The van der Waals surface area contributed by atoms with E-state index in [9.17, 15) is 13.2 Å². The molecule has 0 atom stereocenters. The molecule has 0 amide bonds. The molecule has 0 heterocycles. The highest BCUT2D eigenvalue weighted by atomic mass is 35.5. The van der Waals surface area contributed by atoms with Crippen LogP contribution in [0.5, 0.6) is 0 Å². The summed E-state index contributed by atoms with van der Waals surface area (Å²) in [5, 5.41) is 8.94. The van der Waals surface area contributed by atoms with Gasteiger partial charge in [-0.15, -0.1) is 0 Å². The Morgan fingerprint density at radius 3 is 2.42 bits per heavy atom. The molecule has 0 saturated heterocycles. The summed E-state index contributed by atoms with van der Waals surface area (Å²) in [4.78, 5) is 10.8. The van der Waals surface area contributed by atoms with Crippen LogP contribution in [-0.4, -0.2) is 25.5 Å². The van der Waals surface area contributed by atoms with Crippen molar-refractivity contribution in [1.82, 2.24) is 4.72 Å². The molecule has 7 heteroatoms. The van der Waals surface area contributed by atoms with Crippen molar-refractivity contribution in [2.45, 2.75) is 37.6 Å². The molecule has 0 aliphatic heterocycles. The lowest BCUT2D eigenvalue weighted by atomic mass is 10.2. The van der Waals surface area contributed by atoms with Crippen molar-refractivity contribution in [3.63, 3.8) is 0 Å². The standard InChI is InChI=1S/C12H16ClNO4S/c1-3-8(4-2)14-19(17,18)9-5-6-11(13)10(7-9)12(15)16/h5-8,14H,3-4H2,1-2H3,(H,15,16). The van der Waals surface area contributed by atoms with Crippen LogP contribution in [0.25, 0.3) is 0 Å². The summed E-state index contributed by atoms with van der Waals surface area (Å²) in [6, 6.07) is 3.45. The van der Waals surface area contributed by atoms with Crippen molar-refractivity contribution in [3.05, 3.63) is 28.8 Å². The van der Waals surface area contributed by atoms with Crippen molar-refractivity contribution in [3.8, 4) is 0 Å². The van der Waals surface area contributed by atoms with Gasteiger partial charge in [0.2, 0.25) is 10.0 Å². The van der Waals surface area contributed by atoms with E-state index in [0.717, 1.165) is 6.07 Å². The van der Waals surface area contributed by atoms with E-state index in [1.807, 2.05) is 13.8 Å². The fourth-order valence-corrected chi connectivity index (χ4v) is 3.21. The van der Waals surface area contributed by atoms with E-state index < -0.39 is 16.0 Å². The van der Waals surface area contributed by atoms with Crippen LogP contribution in [0.2, 0.25) is 5.02 Å². The fourth-order valence-electron chi connectivity index (χ4n) is 1.58. The van der Waals surface area contributed by atoms with Gasteiger partial charge in [0, 0.05) is 6.04 Å². The number of sulfonamides is 1. The molecule has 0 saturated carbocycles. The second-order valence-electron chi connectivity index (χ2n) is 4.08. The van der Waals surface area contributed by atoms with Gasteiger partial charge in [-0.3, -0.25) is 0 Å². The number of halogens is 1. The van der Waals surface area contributed by atoms with Crippen molar-refractivity contribution in [2.75, 3.05) is 0 Å². The number of carbonyl (C=O) groups is 1. The van der Waals surface area contributed by atoms with Gasteiger partial charge < -0.3 is 5.11 Å². The van der Waals surface area contributed by atoms with E-state index >= 15 is 0 Å². The summed E-state index contributed by atoms with van der Waals surface area (Å²) in [6.45, 7) is 3.75. The third kappa shape index (κ3) is 3.92. The Bertz CT molecular complexity index is 567. The lowest BCUT2D eigenvalue weighted by Gasteiger charge is -2.15.